The van der Waals surface area contributed by atoms with Gasteiger partial charge in [0.05, 0.1) is 20.3 Å². The molecule has 0 N–H and O–H groups in total. The minimum Gasteiger partial charge on any atom is -0.497 e. The predicted molar refractivity (Wildman–Crippen MR) is 85.2 cm³/mol. The van der Waals surface area contributed by atoms with Gasteiger partial charge in [-0.2, -0.15) is 0 Å². The third-order valence-corrected chi connectivity index (χ3v) is 3.37. The summed E-state index contributed by atoms with van der Waals surface area (Å²) in [6.45, 7) is 1.53. The number of para-hydroxylation sites is 1. The van der Waals surface area contributed by atoms with E-state index in [9.17, 15) is 0 Å². The zero-order valence-electron chi connectivity index (χ0n) is 13.3. The highest BCUT2D eigenvalue weighted by Crippen LogP contribution is 2.23. The number of methoxy groups -OCH3 is 3. The summed E-state index contributed by atoms with van der Waals surface area (Å²) in [6.07, 6.45) is 0. The lowest BCUT2D eigenvalue weighted by Crippen LogP contribution is -2.03. The third kappa shape index (κ3) is 4.23. The summed E-state index contributed by atoms with van der Waals surface area (Å²) in [4.78, 5) is 0. The molecule has 0 bridgehead atoms. The van der Waals surface area contributed by atoms with Gasteiger partial charge in [0.2, 0.25) is 0 Å². The van der Waals surface area contributed by atoms with Crippen molar-refractivity contribution in [2.24, 2.45) is 0 Å². The molecule has 0 atom stereocenters. The number of hydrogen-bond acceptors (Lipinski definition) is 4. The lowest BCUT2D eigenvalue weighted by Gasteiger charge is -2.14. The molecule has 118 valence electrons. The fraction of sp³-hybridized carbons (Fsp3) is 0.333. The molecule has 22 heavy (non-hydrogen) atoms. The Morgan fingerprint density at radius 1 is 0.727 bits per heavy atom. The normalized spacial score (nSPS) is 10.5. The van der Waals surface area contributed by atoms with Gasteiger partial charge in [0.25, 0.3) is 0 Å². The largest absolute Gasteiger partial charge is 0.497 e. The molecule has 4 heteroatoms. The fourth-order valence-corrected chi connectivity index (χ4v) is 2.23. The molecule has 4 nitrogen and oxygen atoms in total. The van der Waals surface area contributed by atoms with E-state index in [-0.39, 0.29) is 0 Å². The number of benzene rings is 2. The van der Waals surface area contributed by atoms with Crippen LogP contribution in [0.2, 0.25) is 0 Å². The Hall–Kier alpha value is -2.04. The zero-order chi connectivity index (χ0) is 15.8. The molecule has 0 aromatic heterocycles. The molecule has 0 aliphatic rings. The van der Waals surface area contributed by atoms with E-state index in [1.54, 1.807) is 21.3 Å². The summed E-state index contributed by atoms with van der Waals surface area (Å²) in [5.74, 6) is 1.65. The topological polar surface area (TPSA) is 36.9 Å². The van der Waals surface area contributed by atoms with Crippen LogP contribution >= 0.6 is 0 Å². The van der Waals surface area contributed by atoms with Gasteiger partial charge in [0.15, 0.2) is 0 Å². The van der Waals surface area contributed by atoms with Gasteiger partial charge >= 0.3 is 0 Å². The Morgan fingerprint density at radius 2 is 1.45 bits per heavy atom. The van der Waals surface area contributed by atoms with E-state index < -0.39 is 0 Å². The third-order valence-electron chi connectivity index (χ3n) is 3.37. The Morgan fingerprint density at radius 3 is 2.18 bits per heavy atom. The van der Waals surface area contributed by atoms with Crippen molar-refractivity contribution in [1.82, 2.24) is 0 Å². The van der Waals surface area contributed by atoms with E-state index in [2.05, 4.69) is 0 Å². The van der Waals surface area contributed by atoms with Crippen LogP contribution in [0.25, 0.3) is 0 Å². The highest BCUT2D eigenvalue weighted by molar-refractivity contribution is 5.37. The first-order chi connectivity index (χ1) is 10.8. The van der Waals surface area contributed by atoms with Gasteiger partial charge in [-0.1, -0.05) is 24.3 Å². The molecule has 0 radical (unpaired) electrons. The van der Waals surface area contributed by atoms with E-state index in [0.29, 0.717) is 19.8 Å². The SMILES string of the molecule is COCc1cc(OC)ccc1COc1ccccc1COC. The van der Waals surface area contributed by atoms with E-state index in [1.807, 2.05) is 42.5 Å². The summed E-state index contributed by atoms with van der Waals surface area (Å²) in [5, 5.41) is 0. The van der Waals surface area contributed by atoms with Crippen molar-refractivity contribution in [3.63, 3.8) is 0 Å². The number of rotatable bonds is 8. The summed E-state index contributed by atoms with van der Waals surface area (Å²) < 4.78 is 21.7. The van der Waals surface area contributed by atoms with Crippen LogP contribution in [0, 0.1) is 0 Å². The Labute approximate surface area is 131 Å². The molecule has 0 unspecified atom stereocenters. The van der Waals surface area contributed by atoms with E-state index in [4.69, 9.17) is 18.9 Å². The molecular formula is C18H22O4. The molecule has 0 spiro atoms. The van der Waals surface area contributed by atoms with Crippen LogP contribution in [-0.2, 0) is 29.3 Å². The second-order valence-electron chi connectivity index (χ2n) is 4.90. The Balaban J connectivity index is 2.14. The van der Waals surface area contributed by atoms with Crippen molar-refractivity contribution in [2.75, 3.05) is 21.3 Å². The van der Waals surface area contributed by atoms with Crippen molar-refractivity contribution in [3.05, 3.63) is 59.2 Å². The second kappa shape index (κ2) is 8.41. The van der Waals surface area contributed by atoms with Crippen molar-refractivity contribution in [3.8, 4) is 11.5 Å². The minimum atomic E-state index is 0.476. The van der Waals surface area contributed by atoms with Gasteiger partial charge < -0.3 is 18.9 Å². The molecule has 0 aliphatic heterocycles. The second-order valence-corrected chi connectivity index (χ2v) is 4.90. The summed E-state index contributed by atoms with van der Waals surface area (Å²) >= 11 is 0. The van der Waals surface area contributed by atoms with Crippen LogP contribution in [0.5, 0.6) is 11.5 Å². The van der Waals surface area contributed by atoms with E-state index >= 15 is 0 Å². The quantitative estimate of drug-likeness (QED) is 0.747. The van der Waals surface area contributed by atoms with Gasteiger partial charge in [-0.3, -0.25) is 0 Å². The van der Waals surface area contributed by atoms with Crippen molar-refractivity contribution in [1.29, 1.82) is 0 Å². The molecule has 0 heterocycles. The highest BCUT2D eigenvalue weighted by Gasteiger charge is 2.08. The lowest BCUT2D eigenvalue weighted by atomic mass is 10.1. The smallest absolute Gasteiger partial charge is 0.125 e. The maximum Gasteiger partial charge on any atom is 0.125 e. The molecule has 2 aromatic carbocycles. The first-order valence-corrected chi connectivity index (χ1v) is 7.13. The van der Waals surface area contributed by atoms with Crippen molar-refractivity contribution < 1.29 is 18.9 Å². The van der Waals surface area contributed by atoms with Gasteiger partial charge in [-0.15, -0.1) is 0 Å². The summed E-state index contributed by atoms with van der Waals surface area (Å²) in [6, 6.07) is 13.8. The first-order valence-electron chi connectivity index (χ1n) is 7.13. The summed E-state index contributed by atoms with van der Waals surface area (Å²) in [7, 11) is 5.01. The van der Waals surface area contributed by atoms with E-state index in [0.717, 1.165) is 28.2 Å². The van der Waals surface area contributed by atoms with Crippen molar-refractivity contribution >= 4 is 0 Å². The maximum absolute atomic E-state index is 5.96. The van der Waals surface area contributed by atoms with Crippen LogP contribution in [0.3, 0.4) is 0 Å². The predicted octanol–water partition coefficient (Wildman–Crippen LogP) is 3.57. The summed E-state index contributed by atoms with van der Waals surface area (Å²) in [5.41, 5.74) is 3.17. The van der Waals surface area contributed by atoms with Crippen LogP contribution in [-0.4, -0.2) is 21.3 Å². The molecule has 0 amide bonds. The maximum atomic E-state index is 5.96. The molecule has 0 saturated carbocycles. The zero-order valence-corrected chi connectivity index (χ0v) is 13.3. The minimum absolute atomic E-state index is 0.476. The number of hydrogen-bond donors (Lipinski definition) is 0. The van der Waals surface area contributed by atoms with Crippen LogP contribution < -0.4 is 9.47 Å². The van der Waals surface area contributed by atoms with Gasteiger partial charge in [0.1, 0.15) is 18.1 Å². The molecule has 0 aliphatic carbocycles. The average Bonchev–Trinajstić information content (AvgIpc) is 2.55. The van der Waals surface area contributed by atoms with Crippen LogP contribution in [0.4, 0.5) is 0 Å². The van der Waals surface area contributed by atoms with Crippen LogP contribution in [0.15, 0.2) is 42.5 Å². The Kier molecular flexibility index (Phi) is 6.25. The van der Waals surface area contributed by atoms with Gasteiger partial charge in [0, 0.05) is 19.8 Å². The molecular weight excluding hydrogens is 280 g/mol. The van der Waals surface area contributed by atoms with Crippen molar-refractivity contribution in [2.45, 2.75) is 19.8 Å². The van der Waals surface area contributed by atoms with Crippen LogP contribution in [0.1, 0.15) is 16.7 Å². The monoisotopic (exact) mass is 302 g/mol. The van der Waals surface area contributed by atoms with Gasteiger partial charge in [-0.25, -0.2) is 0 Å². The molecule has 0 saturated heterocycles. The lowest BCUT2D eigenvalue weighted by molar-refractivity contribution is 0.176. The molecule has 2 rings (SSSR count). The number of ether oxygens (including phenoxy) is 4. The molecule has 2 aromatic rings. The fourth-order valence-electron chi connectivity index (χ4n) is 2.23. The molecule has 0 fully saturated rings. The highest BCUT2D eigenvalue weighted by atomic mass is 16.5. The van der Waals surface area contributed by atoms with E-state index in [1.165, 1.54) is 0 Å². The van der Waals surface area contributed by atoms with Gasteiger partial charge in [-0.05, 0) is 29.3 Å². The average molecular weight is 302 g/mol. The Bertz CT molecular complexity index is 595. The first kappa shape index (κ1) is 16.3. The standard InChI is InChI=1S/C18H22O4/c1-19-11-15-6-4-5-7-18(15)22-13-14-8-9-17(21-3)10-16(14)12-20-2/h4-10H,11-13H2,1-3H3.